The summed E-state index contributed by atoms with van der Waals surface area (Å²) in [6.45, 7) is 6.31. The molecule has 5 nitrogen and oxygen atoms in total. The number of aryl methyl sites for hydroxylation is 1. The lowest BCUT2D eigenvalue weighted by atomic mass is 9.83. The number of nitrogens with zero attached hydrogens (tertiary/aromatic N) is 1. The summed E-state index contributed by atoms with van der Waals surface area (Å²) in [5.74, 6) is -0.197. The molecule has 19 heavy (non-hydrogen) atoms. The first-order valence-corrected chi connectivity index (χ1v) is 6.59. The number of nitrogens with one attached hydrogen (secondary N) is 1. The molecular weight excluding hydrogens is 242 g/mol. The Labute approximate surface area is 114 Å². The minimum atomic E-state index is -0.253. The van der Waals surface area contributed by atoms with E-state index in [0.29, 0.717) is 23.5 Å². The van der Waals surface area contributed by atoms with Gasteiger partial charge in [0.25, 0.3) is 5.91 Å². The molecule has 1 aromatic heterocycles. The van der Waals surface area contributed by atoms with Crippen LogP contribution in [0.5, 0.6) is 0 Å². The number of hydrogen-bond acceptors (Lipinski definition) is 4. The lowest BCUT2D eigenvalue weighted by Crippen LogP contribution is -2.39. The number of nitrogen functional groups attached to an aromatic ring is 1. The van der Waals surface area contributed by atoms with Gasteiger partial charge in [0.05, 0.1) is 29.7 Å². The van der Waals surface area contributed by atoms with Gasteiger partial charge >= 0.3 is 0 Å². The average molecular weight is 265 g/mol. The van der Waals surface area contributed by atoms with Crippen molar-refractivity contribution in [2.75, 3.05) is 18.9 Å². The van der Waals surface area contributed by atoms with Gasteiger partial charge in [0, 0.05) is 12.0 Å². The van der Waals surface area contributed by atoms with Crippen LogP contribution in [0.2, 0.25) is 0 Å². The van der Waals surface area contributed by atoms with Gasteiger partial charge in [0.2, 0.25) is 0 Å². The number of carbonyl (C=O) groups is 1. The predicted molar refractivity (Wildman–Crippen MR) is 75.8 cm³/mol. The maximum Gasteiger partial charge on any atom is 0.253 e. The molecule has 0 saturated carbocycles. The van der Waals surface area contributed by atoms with Gasteiger partial charge < -0.3 is 16.2 Å². The zero-order chi connectivity index (χ0) is 14.5. The SMILES string of the molecule is CCC(CC)(CO)CNC(=O)c1cc(N)cnc1C. The van der Waals surface area contributed by atoms with Gasteiger partial charge in [-0.05, 0) is 25.8 Å². The molecule has 0 spiro atoms. The van der Waals surface area contributed by atoms with Gasteiger partial charge in [-0.1, -0.05) is 13.8 Å². The molecule has 0 aliphatic rings. The smallest absolute Gasteiger partial charge is 0.253 e. The van der Waals surface area contributed by atoms with E-state index in [2.05, 4.69) is 10.3 Å². The van der Waals surface area contributed by atoms with E-state index in [1.807, 2.05) is 13.8 Å². The molecule has 0 radical (unpaired) electrons. The third kappa shape index (κ3) is 3.67. The van der Waals surface area contributed by atoms with Crippen molar-refractivity contribution in [2.45, 2.75) is 33.6 Å². The largest absolute Gasteiger partial charge is 0.397 e. The fourth-order valence-corrected chi connectivity index (χ4v) is 1.92. The maximum absolute atomic E-state index is 12.1. The highest BCUT2D eigenvalue weighted by atomic mass is 16.3. The van der Waals surface area contributed by atoms with Gasteiger partial charge in [-0.3, -0.25) is 9.78 Å². The first kappa shape index (κ1) is 15.4. The van der Waals surface area contributed by atoms with Crippen LogP contribution in [-0.4, -0.2) is 29.1 Å². The molecule has 0 unspecified atom stereocenters. The third-order valence-corrected chi connectivity index (χ3v) is 3.81. The number of carbonyl (C=O) groups excluding carboxylic acids is 1. The quantitative estimate of drug-likeness (QED) is 0.727. The van der Waals surface area contributed by atoms with Gasteiger partial charge in [-0.25, -0.2) is 0 Å². The lowest BCUT2D eigenvalue weighted by Gasteiger charge is -2.29. The zero-order valence-electron chi connectivity index (χ0n) is 11.9. The molecule has 0 aliphatic heterocycles. The summed E-state index contributed by atoms with van der Waals surface area (Å²) < 4.78 is 0. The molecule has 0 bridgehead atoms. The van der Waals surface area contributed by atoms with Gasteiger partial charge in [0.1, 0.15) is 0 Å². The summed E-state index contributed by atoms with van der Waals surface area (Å²) in [5.41, 5.74) is 6.99. The molecule has 5 heteroatoms. The molecule has 106 valence electrons. The number of pyridine rings is 1. The average Bonchev–Trinajstić information content (AvgIpc) is 2.43. The van der Waals surface area contributed by atoms with Crippen LogP contribution in [0.25, 0.3) is 0 Å². The van der Waals surface area contributed by atoms with Crippen LogP contribution < -0.4 is 11.1 Å². The summed E-state index contributed by atoms with van der Waals surface area (Å²) in [5, 5.41) is 12.3. The third-order valence-electron chi connectivity index (χ3n) is 3.81. The van der Waals surface area contributed by atoms with Crippen molar-refractivity contribution in [3.05, 3.63) is 23.5 Å². The molecular formula is C14H23N3O2. The van der Waals surface area contributed by atoms with E-state index < -0.39 is 0 Å². The second kappa shape index (κ2) is 6.52. The number of anilines is 1. The Morgan fingerprint density at radius 3 is 2.63 bits per heavy atom. The Hall–Kier alpha value is -1.62. The van der Waals surface area contributed by atoms with Crippen molar-refractivity contribution in [1.29, 1.82) is 0 Å². The van der Waals surface area contributed by atoms with E-state index in [0.717, 1.165) is 12.8 Å². The van der Waals surface area contributed by atoms with Crippen LogP contribution in [0.1, 0.15) is 42.7 Å². The minimum Gasteiger partial charge on any atom is -0.397 e. The summed E-state index contributed by atoms with van der Waals surface area (Å²) >= 11 is 0. The molecule has 0 saturated heterocycles. The normalized spacial score (nSPS) is 11.4. The molecule has 1 heterocycles. The summed E-state index contributed by atoms with van der Waals surface area (Å²) in [4.78, 5) is 16.2. The highest BCUT2D eigenvalue weighted by molar-refractivity contribution is 5.95. The van der Waals surface area contributed by atoms with Crippen LogP contribution >= 0.6 is 0 Å². The number of hydrogen-bond donors (Lipinski definition) is 3. The second-order valence-electron chi connectivity index (χ2n) is 4.95. The Kier molecular flexibility index (Phi) is 5.30. The topological polar surface area (TPSA) is 88.2 Å². The van der Waals surface area contributed by atoms with Crippen molar-refractivity contribution < 1.29 is 9.90 Å². The van der Waals surface area contributed by atoms with E-state index >= 15 is 0 Å². The standard InChI is InChI=1S/C14H23N3O2/c1-4-14(5-2,9-18)8-17-13(19)12-6-11(15)7-16-10(12)3/h6-7,18H,4-5,8-9,15H2,1-3H3,(H,17,19). The molecule has 0 atom stereocenters. The van der Waals surface area contributed by atoms with E-state index in [1.54, 1.807) is 13.0 Å². The zero-order valence-corrected chi connectivity index (χ0v) is 11.9. The molecule has 0 aliphatic carbocycles. The lowest BCUT2D eigenvalue weighted by molar-refractivity contribution is 0.0850. The second-order valence-corrected chi connectivity index (χ2v) is 4.95. The van der Waals surface area contributed by atoms with E-state index in [1.165, 1.54) is 6.20 Å². The van der Waals surface area contributed by atoms with E-state index in [9.17, 15) is 9.90 Å². The number of aromatic nitrogens is 1. The van der Waals surface area contributed by atoms with Crippen LogP contribution in [-0.2, 0) is 0 Å². The number of amides is 1. The Morgan fingerprint density at radius 2 is 2.11 bits per heavy atom. The van der Waals surface area contributed by atoms with Crippen molar-refractivity contribution in [3.63, 3.8) is 0 Å². The monoisotopic (exact) mass is 265 g/mol. The summed E-state index contributed by atoms with van der Waals surface area (Å²) in [6.07, 6.45) is 3.16. The Balaban J connectivity index is 2.77. The Bertz CT molecular complexity index is 434. The molecule has 4 N–H and O–H groups in total. The number of nitrogens with two attached hydrogens (primary N) is 1. The van der Waals surface area contributed by atoms with Crippen molar-refractivity contribution in [2.24, 2.45) is 5.41 Å². The molecule has 0 aromatic carbocycles. The van der Waals surface area contributed by atoms with E-state index in [-0.39, 0.29) is 17.9 Å². The first-order valence-electron chi connectivity index (χ1n) is 6.59. The van der Waals surface area contributed by atoms with Crippen LogP contribution in [0, 0.1) is 12.3 Å². The molecule has 0 fully saturated rings. The highest BCUT2D eigenvalue weighted by Gasteiger charge is 2.26. The first-order chi connectivity index (χ1) is 8.98. The van der Waals surface area contributed by atoms with Gasteiger partial charge in [0.15, 0.2) is 0 Å². The maximum atomic E-state index is 12.1. The molecule has 1 rings (SSSR count). The summed E-state index contributed by atoms with van der Waals surface area (Å²) in [6, 6.07) is 1.62. The summed E-state index contributed by atoms with van der Waals surface area (Å²) in [7, 11) is 0. The fraction of sp³-hybridized carbons (Fsp3) is 0.571. The van der Waals surface area contributed by atoms with Gasteiger partial charge in [-0.2, -0.15) is 0 Å². The van der Waals surface area contributed by atoms with Crippen LogP contribution in [0.4, 0.5) is 5.69 Å². The van der Waals surface area contributed by atoms with Crippen molar-refractivity contribution >= 4 is 11.6 Å². The van der Waals surface area contributed by atoms with Crippen LogP contribution in [0.15, 0.2) is 12.3 Å². The Morgan fingerprint density at radius 1 is 1.47 bits per heavy atom. The van der Waals surface area contributed by atoms with Crippen molar-refractivity contribution in [3.8, 4) is 0 Å². The molecule has 1 amide bonds. The van der Waals surface area contributed by atoms with Gasteiger partial charge in [-0.15, -0.1) is 0 Å². The van der Waals surface area contributed by atoms with E-state index in [4.69, 9.17) is 5.73 Å². The number of aliphatic hydroxyl groups is 1. The van der Waals surface area contributed by atoms with Crippen LogP contribution in [0.3, 0.4) is 0 Å². The molecule has 1 aromatic rings. The predicted octanol–water partition coefficient (Wildman–Crippen LogP) is 1.50. The fourth-order valence-electron chi connectivity index (χ4n) is 1.92. The number of aliphatic hydroxyl groups excluding tert-OH is 1. The highest BCUT2D eigenvalue weighted by Crippen LogP contribution is 2.24. The minimum absolute atomic E-state index is 0.0639. The number of rotatable bonds is 6. The van der Waals surface area contributed by atoms with Crippen molar-refractivity contribution in [1.82, 2.24) is 10.3 Å².